The second kappa shape index (κ2) is 5.72. The topological polar surface area (TPSA) is 62.7 Å². The first-order chi connectivity index (χ1) is 12.0. The summed E-state index contributed by atoms with van der Waals surface area (Å²) in [6.45, 7) is 7.36. The number of pyridine rings is 1. The van der Waals surface area contributed by atoms with Crippen molar-refractivity contribution < 1.29 is 14.3 Å². The number of likely N-dealkylation sites (tertiary alicyclic amines) is 1. The summed E-state index contributed by atoms with van der Waals surface area (Å²) in [5.41, 5.74) is 2.67. The molecule has 0 unspecified atom stereocenters. The van der Waals surface area contributed by atoms with Crippen molar-refractivity contribution in [2.24, 2.45) is 5.41 Å². The van der Waals surface area contributed by atoms with Gasteiger partial charge in [-0.25, -0.2) is 4.79 Å². The fraction of sp³-hybridized carbons (Fsp3) is 0.421. The Morgan fingerprint density at radius 1 is 1.20 bits per heavy atom. The molecule has 25 heavy (non-hydrogen) atoms. The van der Waals surface area contributed by atoms with Crippen molar-refractivity contribution in [1.29, 1.82) is 0 Å². The van der Waals surface area contributed by atoms with Crippen molar-refractivity contribution in [3.63, 3.8) is 0 Å². The fourth-order valence-corrected chi connectivity index (χ4v) is 3.85. The molecule has 6 heteroatoms. The molecular formula is C19H21N3O3. The minimum absolute atomic E-state index is 0.153. The highest BCUT2D eigenvalue weighted by Gasteiger charge is 2.52. The first-order valence-electron chi connectivity index (χ1n) is 8.58. The highest BCUT2D eigenvalue weighted by Crippen LogP contribution is 2.42. The molecule has 2 aromatic rings. The lowest BCUT2D eigenvalue weighted by atomic mass is 9.72. The van der Waals surface area contributed by atoms with Gasteiger partial charge in [-0.05, 0) is 31.2 Å². The summed E-state index contributed by atoms with van der Waals surface area (Å²) in [6.07, 6.45) is 1.64. The summed E-state index contributed by atoms with van der Waals surface area (Å²) in [5, 5.41) is 0.818. The minimum Gasteiger partial charge on any atom is -0.462 e. The average Bonchev–Trinajstić information content (AvgIpc) is 2.51. The van der Waals surface area contributed by atoms with Gasteiger partial charge in [0, 0.05) is 55.8 Å². The predicted molar refractivity (Wildman–Crippen MR) is 94.6 cm³/mol. The van der Waals surface area contributed by atoms with E-state index in [1.807, 2.05) is 23.1 Å². The van der Waals surface area contributed by atoms with Gasteiger partial charge in [0.1, 0.15) is 0 Å². The van der Waals surface area contributed by atoms with Crippen LogP contribution >= 0.6 is 0 Å². The standard InChI is InChI=1S/C19H21N3O3/c1-3-25-18(24)15-6-7-20-17-5-4-14(8-16(15)17)22-11-19(12-22)9-21(10-19)13(2)23/h4-8H,3,9-12H2,1-2H3. The van der Waals surface area contributed by atoms with E-state index in [0.29, 0.717) is 12.2 Å². The number of hydrogen-bond donors (Lipinski definition) is 0. The quantitative estimate of drug-likeness (QED) is 0.801. The molecule has 2 saturated heterocycles. The molecule has 0 aliphatic carbocycles. The molecule has 4 rings (SSSR count). The molecular weight excluding hydrogens is 318 g/mol. The third-order valence-corrected chi connectivity index (χ3v) is 5.14. The molecule has 1 spiro atoms. The molecule has 0 radical (unpaired) electrons. The zero-order valence-corrected chi connectivity index (χ0v) is 14.5. The fourth-order valence-electron chi connectivity index (χ4n) is 3.85. The normalized spacial score (nSPS) is 18.0. The van der Waals surface area contributed by atoms with Crippen LogP contribution in [0, 0.1) is 5.41 Å². The van der Waals surface area contributed by atoms with Crippen molar-refractivity contribution in [2.75, 3.05) is 37.7 Å². The second-order valence-electron chi connectivity index (χ2n) is 7.01. The Labute approximate surface area is 146 Å². The van der Waals surface area contributed by atoms with Gasteiger partial charge < -0.3 is 14.5 Å². The smallest absolute Gasteiger partial charge is 0.338 e. The number of fused-ring (bicyclic) bond motifs is 1. The van der Waals surface area contributed by atoms with Gasteiger partial charge in [0.05, 0.1) is 17.7 Å². The van der Waals surface area contributed by atoms with Crippen LogP contribution in [-0.2, 0) is 9.53 Å². The lowest BCUT2D eigenvalue weighted by Crippen LogP contribution is -2.72. The van der Waals surface area contributed by atoms with Crippen molar-refractivity contribution >= 4 is 28.5 Å². The number of carbonyl (C=O) groups excluding carboxylic acids is 2. The van der Waals surface area contributed by atoms with Gasteiger partial charge in [0.15, 0.2) is 0 Å². The van der Waals surface area contributed by atoms with Crippen LogP contribution < -0.4 is 4.90 Å². The van der Waals surface area contributed by atoms with Crippen molar-refractivity contribution in [3.05, 3.63) is 36.0 Å². The third kappa shape index (κ3) is 2.62. The number of anilines is 1. The Morgan fingerprint density at radius 3 is 2.64 bits per heavy atom. The van der Waals surface area contributed by atoms with Gasteiger partial charge in [0.2, 0.25) is 5.91 Å². The summed E-state index contributed by atoms with van der Waals surface area (Å²) < 4.78 is 5.15. The number of amides is 1. The Morgan fingerprint density at radius 2 is 1.96 bits per heavy atom. The number of ether oxygens (including phenoxy) is 1. The number of esters is 1. The molecule has 0 N–H and O–H groups in total. The first-order valence-corrected chi connectivity index (χ1v) is 8.58. The maximum atomic E-state index is 12.2. The summed E-state index contributed by atoms with van der Waals surface area (Å²) >= 11 is 0. The maximum Gasteiger partial charge on any atom is 0.338 e. The molecule has 0 bridgehead atoms. The maximum absolute atomic E-state index is 12.2. The van der Waals surface area contributed by atoms with E-state index in [-0.39, 0.29) is 17.3 Å². The van der Waals surface area contributed by atoms with E-state index in [4.69, 9.17) is 4.74 Å². The number of hydrogen-bond acceptors (Lipinski definition) is 5. The Hall–Kier alpha value is -2.63. The van der Waals surface area contributed by atoms with Gasteiger partial charge in [0.25, 0.3) is 0 Å². The van der Waals surface area contributed by atoms with Crippen LogP contribution in [0.5, 0.6) is 0 Å². The molecule has 2 aliphatic heterocycles. The number of benzene rings is 1. The van der Waals surface area contributed by atoms with Gasteiger partial charge in [-0.15, -0.1) is 0 Å². The van der Waals surface area contributed by atoms with E-state index in [2.05, 4.69) is 9.88 Å². The van der Waals surface area contributed by atoms with Crippen molar-refractivity contribution in [1.82, 2.24) is 9.88 Å². The van der Waals surface area contributed by atoms with Crippen LogP contribution in [-0.4, -0.2) is 54.5 Å². The van der Waals surface area contributed by atoms with E-state index in [1.54, 1.807) is 26.1 Å². The van der Waals surface area contributed by atoms with Gasteiger partial charge in [-0.2, -0.15) is 0 Å². The second-order valence-corrected chi connectivity index (χ2v) is 7.01. The average molecular weight is 339 g/mol. The van der Waals surface area contributed by atoms with Crippen LogP contribution in [0.4, 0.5) is 5.69 Å². The Bertz CT molecular complexity index is 850. The molecule has 1 aromatic carbocycles. The summed E-state index contributed by atoms with van der Waals surface area (Å²) in [7, 11) is 0. The minimum atomic E-state index is -0.316. The number of nitrogens with zero attached hydrogens (tertiary/aromatic N) is 3. The summed E-state index contributed by atoms with van der Waals surface area (Å²) in [4.78, 5) is 32.1. The van der Waals surface area contributed by atoms with Crippen molar-refractivity contribution in [2.45, 2.75) is 13.8 Å². The highest BCUT2D eigenvalue weighted by molar-refractivity contribution is 6.04. The van der Waals surface area contributed by atoms with Crippen molar-refractivity contribution in [3.8, 4) is 0 Å². The lowest BCUT2D eigenvalue weighted by Gasteiger charge is -2.60. The van der Waals surface area contributed by atoms with E-state index >= 15 is 0 Å². The van der Waals surface area contributed by atoms with E-state index in [0.717, 1.165) is 42.8 Å². The highest BCUT2D eigenvalue weighted by atomic mass is 16.5. The Kier molecular flexibility index (Phi) is 3.63. The van der Waals surface area contributed by atoms with E-state index < -0.39 is 0 Å². The SMILES string of the molecule is CCOC(=O)c1ccnc2ccc(N3CC4(CN(C(C)=O)C4)C3)cc12. The third-order valence-electron chi connectivity index (χ3n) is 5.14. The predicted octanol–water partition coefficient (Wildman–Crippen LogP) is 2.08. The molecule has 1 aromatic heterocycles. The molecule has 3 heterocycles. The van der Waals surface area contributed by atoms with E-state index in [9.17, 15) is 9.59 Å². The van der Waals surface area contributed by atoms with Crippen LogP contribution in [0.3, 0.4) is 0 Å². The molecule has 1 amide bonds. The van der Waals surface area contributed by atoms with Crippen LogP contribution in [0.25, 0.3) is 10.9 Å². The first kappa shape index (κ1) is 15.9. The van der Waals surface area contributed by atoms with Crippen LogP contribution in [0.1, 0.15) is 24.2 Å². The van der Waals surface area contributed by atoms with Gasteiger partial charge >= 0.3 is 5.97 Å². The molecule has 2 aliphatic rings. The monoisotopic (exact) mass is 339 g/mol. The number of carbonyl (C=O) groups is 2. The van der Waals surface area contributed by atoms with Gasteiger partial charge in [-0.1, -0.05) is 0 Å². The Balaban J connectivity index is 1.55. The van der Waals surface area contributed by atoms with Crippen LogP contribution in [0.2, 0.25) is 0 Å². The lowest BCUT2D eigenvalue weighted by molar-refractivity contribution is -0.142. The largest absolute Gasteiger partial charge is 0.462 e. The zero-order valence-electron chi connectivity index (χ0n) is 14.5. The van der Waals surface area contributed by atoms with Gasteiger partial charge in [-0.3, -0.25) is 9.78 Å². The molecule has 0 atom stereocenters. The zero-order chi connectivity index (χ0) is 17.6. The molecule has 130 valence electrons. The molecule has 6 nitrogen and oxygen atoms in total. The summed E-state index contributed by atoms with van der Waals surface area (Å²) in [5.74, 6) is -0.164. The van der Waals surface area contributed by atoms with E-state index in [1.165, 1.54) is 0 Å². The van der Waals surface area contributed by atoms with Crippen LogP contribution in [0.15, 0.2) is 30.5 Å². The summed E-state index contributed by atoms with van der Waals surface area (Å²) in [6, 6.07) is 7.71. The molecule has 2 fully saturated rings. The number of aromatic nitrogens is 1. The molecule has 0 saturated carbocycles. The number of rotatable bonds is 3.